The normalized spacial score (nSPS) is 25.2. The zero-order valence-electron chi connectivity index (χ0n) is 16.3. The second-order valence-electron chi connectivity index (χ2n) is 8.79. The molecule has 2 fully saturated rings. The third kappa shape index (κ3) is 2.65. The molecule has 2 aliphatic rings. The molecule has 0 saturated heterocycles. The average molecular weight is 399 g/mol. The van der Waals surface area contributed by atoms with Crippen molar-refractivity contribution >= 4 is 27.7 Å². The lowest BCUT2D eigenvalue weighted by atomic mass is 9.49. The van der Waals surface area contributed by atoms with Crippen molar-refractivity contribution in [2.45, 2.75) is 37.6 Å². The van der Waals surface area contributed by atoms with Gasteiger partial charge in [0.1, 0.15) is 11.3 Å². The Morgan fingerprint density at radius 2 is 1.87 bits per heavy atom. The van der Waals surface area contributed by atoms with Gasteiger partial charge in [0.2, 0.25) is 0 Å². The van der Waals surface area contributed by atoms with Crippen molar-refractivity contribution in [3.05, 3.63) is 70.4 Å². The number of nitrogens with one attached hydrogen (secondary N) is 3. The molecule has 6 rings (SSSR count). The molecule has 1 spiro atoms. The highest BCUT2D eigenvalue weighted by molar-refractivity contribution is 5.97. The molecule has 1 aromatic carbocycles. The van der Waals surface area contributed by atoms with E-state index in [4.69, 9.17) is 0 Å². The Bertz CT molecular complexity index is 1310. The molecule has 0 atom stereocenters. The molecule has 4 aromatic rings. The summed E-state index contributed by atoms with van der Waals surface area (Å²) in [6, 6.07) is 13.5. The number of benzene rings is 1. The third-order valence-electron chi connectivity index (χ3n) is 6.80. The smallest absolute Gasteiger partial charge is 0.272 e. The second-order valence-corrected chi connectivity index (χ2v) is 8.79. The van der Waals surface area contributed by atoms with Crippen molar-refractivity contribution in [1.29, 1.82) is 0 Å². The number of nitrogens with zero attached hydrogens (tertiary/aromatic N) is 2. The topological polar surface area (TPSA) is 104 Å². The lowest BCUT2D eigenvalue weighted by molar-refractivity contribution is -0.0197. The Balaban J connectivity index is 1.11. The van der Waals surface area contributed by atoms with Crippen LogP contribution < -0.4 is 10.9 Å². The zero-order chi connectivity index (χ0) is 20.3. The molecule has 1 amide bonds. The minimum Gasteiger partial charge on any atom is -0.348 e. The van der Waals surface area contributed by atoms with Crippen LogP contribution in [0, 0.1) is 5.41 Å². The van der Waals surface area contributed by atoms with Crippen LogP contribution in [0.4, 0.5) is 0 Å². The summed E-state index contributed by atoms with van der Waals surface area (Å²) in [5.74, 6) is 0.292. The number of H-pyrrole nitrogens is 2. The first-order valence-electron chi connectivity index (χ1n) is 10.3. The van der Waals surface area contributed by atoms with E-state index in [1.165, 1.54) is 0 Å². The molecule has 3 aromatic heterocycles. The first-order chi connectivity index (χ1) is 14.6. The van der Waals surface area contributed by atoms with Crippen molar-refractivity contribution in [3.63, 3.8) is 0 Å². The first kappa shape index (κ1) is 17.4. The maximum atomic E-state index is 12.6. The number of aromatic nitrogens is 4. The van der Waals surface area contributed by atoms with Gasteiger partial charge in [-0.15, -0.1) is 0 Å². The van der Waals surface area contributed by atoms with E-state index in [1.807, 2.05) is 42.5 Å². The van der Waals surface area contributed by atoms with Gasteiger partial charge in [-0.2, -0.15) is 5.10 Å². The summed E-state index contributed by atoms with van der Waals surface area (Å²) in [7, 11) is 0. The maximum Gasteiger partial charge on any atom is 0.272 e. The number of carbonyl (C=O) groups excluding carboxylic acids is 1. The molecule has 0 unspecified atom stereocenters. The first-order valence-corrected chi connectivity index (χ1v) is 10.3. The van der Waals surface area contributed by atoms with Gasteiger partial charge in [-0.25, -0.2) is 10.1 Å². The molecule has 7 heteroatoms. The van der Waals surface area contributed by atoms with E-state index in [0.29, 0.717) is 22.4 Å². The van der Waals surface area contributed by atoms with Crippen LogP contribution in [-0.2, 0) is 0 Å². The van der Waals surface area contributed by atoms with Crippen LogP contribution in [0.5, 0.6) is 0 Å². The number of aromatic amines is 2. The number of amides is 1. The lowest BCUT2D eigenvalue weighted by Gasteiger charge is -2.57. The molecule has 7 nitrogen and oxygen atoms in total. The summed E-state index contributed by atoms with van der Waals surface area (Å²) < 4.78 is 0. The van der Waals surface area contributed by atoms with Gasteiger partial charge in [-0.05, 0) is 55.4 Å². The molecule has 0 radical (unpaired) electrons. The lowest BCUT2D eigenvalue weighted by Crippen LogP contribution is -2.55. The Morgan fingerprint density at radius 1 is 1.07 bits per heavy atom. The van der Waals surface area contributed by atoms with Gasteiger partial charge in [0.05, 0.1) is 11.1 Å². The van der Waals surface area contributed by atoms with Crippen LogP contribution in [0.15, 0.2) is 53.5 Å². The number of rotatable bonds is 3. The molecular formula is C23H21N5O2. The van der Waals surface area contributed by atoms with Crippen LogP contribution in [0.3, 0.4) is 0 Å². The van der Waals surface area contributed by atoms with E-state index in [-0.39, 0.29) is 17.5 Å². The van der Waals surface area contributed by atoms with Crippen LogP contribution in [0.25, 0.3) is 21.8 Å². The Kier molecular flexibility index (Phi) is 3.63. The van der Waals surface area contributed by atoms with Gasteiger partial charge < -0.3 is 10.3 Å². The molecule has 3 N–H and O–H groups in total. The maximum absolute atomic E-state index is 12.6. The number of hydrogen-bond donors (Lipinski definition) is 3. The summed E-state index contributed by atoms with van der Waals surface area (Å²) in [5, 5.41) is 12.8. The molecule has 150 valence electrons. The van der Waals surface area contributed by atoms with Crippen molar-refractivity contribution in [2.75, 3.05) is 0 Å². The minimum atomic E-state index is -0.137. The van der Waals surface area contributed by atoms with E-state index in [2.05, 4.69) is 25.5 Å². The number of carbonyl (C=O) groups is 1. The van der Waals surface area contributed by atoms with Gasteiger partial charge in [0.15, 0.2) is 0 Å². The van der Waals surface area contributed by atoms with E-state index in [1.54, 1.807) is 6.20 Å². The summed E-state index contributed by atoms with van der Waals surface area (Å²) in [6.45, 7) is 0. The fourth-order valence-corrected chi connectivity index (χ4v) is 5.39. The van der Waals surface area contributed by atoms with Gasteiger partial charge in [-0.3, -0.25) is 9.59 Å². The van der Waals surface area contributed by atoms with E-state index in [9.17, 15) is 9.59 Å². The predicted octanol–water partition coefficient (Wildman–Crippen LogP) is 3.26. The monoisotopic (exact) mass is 399 g/mol. The molecule has 0 aliphatic heterocycles. The predicted molar refractivity (Wildman–Crippen MR) is 113 cm³/mol. The highest BCUT2D eigenvalue weighted by atomic mass is 16.2. The Morgan fingerprint density at radius 3 is 2.67 bits per heavy atom. The van der Waals surface area contributed by atoms with E-state index in [0.717, 1.165) is 47.8 Å². The Hall–Kier alpha value is -3.48. The quantitative estimate of drug-likeness (QED) is 0.492. The fraction of sp³-hybridized carbons (Fsp3) is 0.304. The van der Waals surface area contributed by atoms with E-state index >= 15 is 0 Å². The number of pyridine rings is 1. The molecular weight excluding hydrogens is 378 g/mol. The van der Waals surface area contributed by atoms with Crippen LogP contribution in [0.1, 0.15) is 47.8 Å². The second kappa shape index (κ2) is 6.26. The molecule has 2 saturated carbocycles. The molecule has 3 heterocycles. The third-order valence-corrected chi connectivity index (χ3v) is 6.80. The molecule has 0 bridgehead atoms. The van der Waals surface area contributed by atoms with Gasteiger partial charge in [0, 0.05) is 28.9 Å². The highest BCUT2D eigenvalue weighted by Crippen LogP contribution is 2.62. The summed E-state index contributed by atoms with van der Waals surface area (Å²) >= 11 is 0. The average Bonchev–Trinajstić information content (AvgIpc) is 3.14. The van der Waals surface area contributed by atoms with Crippen molar-refractivity contribution in [1.82, 2.24) is 25.5 Å². The van der Waals surface area contributed by atoms with Gasteiger partial charge >= 0.3 is 0 Å². The van der Waals surface area contributed by atoms with Crippen LogP contribution >= 0.6 is 0 Å². The fourth-order valence-electron chi connectivity index (χ4n) is 5.39. The van der Waals surface area contributed by atoms with Gasteiger partial charge in [0.25, 0.3) is 11.5 Å². The summed E-state index contributed by atoms with van der Waals surface area (Å²) in [6.07, 6.45) is 5.81. The van der Waals surface area contributed by atoms with Crippen molar-refractivity contribution in [2.24, 2.45) is 5.41 Å². The Labute approximate surface area is 171 Å². The van der Waals surface area contributed by atoms with Crippen LogP contribution in [0.2, 0.25) is 0 Å². The zero-order valence-corrected chi connectivity index (χ0v) is 16.3. The van der Waals surface area contributed by atoms with E-state index < -0.39 is 0 Å². The largest absolute Gasteiger partial charge is 0.348 e. The standard InChI is InChI=1S/C23H21N5O2/c29-21-17-6-2-1-5-16(17)19(27-28-21)14-9-23(10-14)11-15(12-23)25-22(30)18-8-13-4-3-7-24-20(13)26-18/h1-8,14-15H,9-12H2,(H,24,26)(H,25,30)(H,28,29). The van der Waals surface area contributed by atoms with Crippen molar-refractivity contribution < 1.29 is 4.79 Å². The number of hydrogen-bond acceptors (Lipinski definition) is 4. The minimum absolute atomic E-state index is 0.0722. The van der Waals surface area contributed by atoms with Crippen LogP contribution in [-0.4, -0.2) is 32.1 Å². The summed E-state index contributed by atoms with van der Waals surface area (Å²) in [5.41, 5.74) is 2.44. The SMILES string of the molecule is O=C(NC1CC2(C1)CC(c1n[nH]c(=O)c3ccccc13)C2)c1cc2cccnc2[nH]1. The highest BCUT2D eigenvalue weighted by Gasteiger charge is 2.54. The molecule has 30 heavy (non-hydrogen) atoms. The van der Waals surface area contributed by atoms with Crippen molar-refractivity contribution in [3.8, 4) is 0 Å². The number of fused-ring (bicyclic) bond motifs is 2. The molecule has 2 aliphatic carbocycles. The van der Waals surface area contributed by atoms with Gasteiger partial charge in [-0.1, -0.05) is 18.2 Å². The summed E-state index contributed by atoms with van der Waals surface area (Å²) in [4.78, 5) is 31.9.